The lowest BCUT2D eigenvalue weighted by atomic mass is 10.3. The summed E-state index contributed by atoms with van der Waals surface area (Å²) in [5.74, 6) is -1.02. The molecule has 0 saturated heterocycles. The molecule has 1 aromatic heterocycles. The minimum atomic E-state index is -1.04. The zero-order valence-electron chi connectivity index (χ0n) is 10.8. The molecule has 0 aliphatic carbocycles. The summed E-state index contributed by atoms with van der Waals surface area (Å²) in [6.45, 7) is 0.0906. The number of rotatable bonds is 6. The van der Waals surface area contributed by atoms with Gasteiger partial charge in [-0.25, -0.2) is 4.79 Å². The number of nitrogens with one attached hydrogen (secondary N) is 1. The summed E-state index contributed by atoms with van der Waals surface area (Å²) < 4.78 is 5.31. The zero-order valence-corrected chi connectivity index (χ0v) is 12.4. The first-order chi connectivity index (χ1) is 10.1. The fourth-order valence-corrected chi connectivity index (χ4v) is 2.45. The first-order valence-electron chi connectivity index (χ1n) is 6.06. The third kappa shape index (κ3) is 4.21. The normalized spacial score (nSPS) is 10.1. The van der Waals surface area contributed by atoms with E-state index in [2.05, 4.69) is 5.32 Å². The molecule has 1 amide bonds. The molecule has 2 rings (SSSR count). The molecule has 5 nitrogen and oxygen atoms in total. The molecule has 0 unspecified atom stereocenters. The number of carboxylic acids is 1. The number of carbonyl (C=O) groups excluding carboxylic acids is 1. The highest BCUT2D eigenvalue weighted by Crippen LogP contribution is 2.25. The predicted octanol–water partition coefficient (Wildman–Crippen LogP) is 3.51. The maximum absolute atomic E-state index is 11.7. The molecule has 7 heteroatoms. The van der Waals surface area contributed by atoms with Gasteiger partial charge < -0.3 is 15.2 Å². The third-order valence-electron chi connectivity index (χ3n) is 2.56. The molecule has 0 bridgehead atoms. The summed E-state index contributed by atoms with van der Waals surface area (Å²) in [5, 5.41) is 13.7. The summed E-state index contributed by atoms with van der Waals surface area (Å²) >= 11 is 7.01. The van der Waals surface area contributed by atoms with Crippen LogP contribution in [0.3, 0.4) is 0 Å². The molecule has 0 spiro atoms. The van der Waals surface area contributed by atoms with Crippen molar-refractivity contribution in [2.75, 3.05) is 11.9 Å². The Morgan fingerprint density at radius 1 is 1.29 bits per heavy atom. The van der Waals surface area contributed by atoms with Crippen LogP contribution in [0.5, 0.6) is 5.75 Å². The minimum absolute atomic E-state index is 0.0906. The molecule has 110 valence electrons. The molecular formula is C14H12ClNO4S. The van der Waals surface area contributed by atoms with Crippen LogP contribution < -0.4 is 10.1 Å². The summed E-state index contributed by atoms with van der Waals surface area (Å²) in [6, 6.07) is 8.48. The Hall–Kier alpha value is -2.05. The number of hydrogen-bond donors (Lipinski definition) is 2. The summed E-state index contributed by atoms with van der Waals surface area (Å²) in [5.41, 5.74) is 0.533. The molecule has 0 atom stereocenters. The van der Waals surface area contributed by atoms with Crippen molar-refractivity contribution in [1.29, 1.82) is 0 Å². The van der Waals surface area contributed by atoms with Gasteiger partial charge in [-0.3, -0.25) is 4.79 Å². The van der Waals surface area contributed by atoms with Crippen LogP contribution in [0.4, 0.5) is 5.69 Å². The van der Waals surface area contributed by atoms with Gasteiger partial charge in [0.2, 0.25) is 5.91 Å². The number of hydrogen-bond acceptors (Lipinski definition) is 4. The second-order valence-corrected chi connectivity index (χ2v) is 5.37. The van der Waals surface area contributed by atoms with Crippen molar-refractivity contribution in [3.05, 3.63) is 45.6 Å². The fraction of sp³-hybridized carbons (Fsp3) is 0.143. The van der Waals surface area contributed by atoms with Crippen LogP contribution in [-0.2, 0) is 4.79 Å². The van der Waals surface area contributed by atoms with Crippen LogP contribution in [-0.4, -0.2) is 23.6 Å². The number of ether oxygens (including phenoxy) is 1. The van der Waals surface area contributed by atoms with Crippen molar-refractivity contribution in [3.63, 3.8) is 0 Å². The van der Waals surface area contributed by atoms with Crippen molar-refractivity contribution >= 4 is 40.5 Å². The molecule has 0 saturated carbocycles. The van der Waals surface area contributed by atoms with Crippen LogP contribution in [0, 0.1) is 0 Å². The molecule has 0 aliphatic heterocycles. The molecule has 0 aliphatic rings. The predicted molar refractivity (Wildman–Crippen MR) is 81.5 cm³/mol. The third-order valence-corrected chi connectivity index (χ3v) is 3.77. The van der Waals surface area contributed by atoms with Crippen LogP contribution in [0.25, 0.3) is 0 Å². The highest BCUT2D eigenvalue weighted by Gasteiger charge is 2.13. The Bertz CT molecular complexity index is 656. The molecule has 2 aromatic rings. The lowest BCUT2D eigenvalue weighted by molar-refractivity contribution is -0.116. The van der Waals surface area contributed by atoms with Gasteiger partial charge in [0.05, 0.1) is 23.7 Å². The topological polar surface area (TPSA) is 75.6 Å². The summed E-state index contributed by atoms with van der Waals surface area (Å²) in [7, 11) is 0. The number of aromatic carboxylic acids is 1. The molecule has 1 aromatic carbocycles. The Kier molecular flexibility index (Phi) is 5.19. The van der Waals surface area contributed by atoms with E-state index in [1.54, 1.807) is 35.7 Å². The molecule has 1 heterocycles. The van der Waals surface area contributed by atoms with Crippen LogP contribution in [0.2, 0.25) is 5.02 Å². The maximum Gasteiger partial charge on any atom is 0.349 e. The Labute approximate surface area is 130 Å². The van der Waals surface area contributed by atoms with E-state index < -0.39 is 5.97 Å². The lowest BCUT2D eigenvalue weighted by Gasteiger charge is -2.08. The largest absolute Gasteiger partial charge is 0.491 e. The van der Waals surface area contributed by atoms with E-state index in [0.717, 1.165) is 11.3 Å². The quantitative estimate of drug-likeness (QED) is 0.852. The lowest BCUT2D eigenvalue weighted by Crippen LogP contribution is -2.15. The van der Waals surface area contributed by atoms with Crippen molar-refractivity contribution in [3.8, 4) is 5.75 Å². The molecule has 2 N–H and O–H groups in total. The van der Waals surface area contributed by atoms with Crippen molar-refractivity contribution < 1.29 is 19.4 Å². The van der Waals surface area contributed by atoms with Gasteiger partial charge in [-0.1, -0.05) is 23.7 Å². The van der Waals surface area contributed by atoms with E-state index in [9.17, 15) is 9.59 Å². The number of carbonyl (C=O) groups is 2. The van der Waals surface area contributed by atoms with E-state index in [4.69, 9.17) is 21.4 Å². The number of anilines is 1. The van der Waals surface area contributed by atoms with Crippen LogP contribution >= 0.6 is 22.9 Å². The number of amides is 1. The Morgan fingerprint density at radius 3 is 2.76 bits per heavy atom. The number of thiophene rings is 1. The zero-order chi connectivity index (χ0) is 15.2. The van der Waals surface area contributed by atoms with Gasteiger partial charge >= 0.3 is 5.97 Å². The number of halogens is 1. The van der Waals surface area contributed by atoms with E-state index in [1.807, 2.05) is 0 Å². The smallest absolute Gasteiger partial charge is 0.349 e. The van der Waals surface area contributed by atoms with Gasteiger partial charge in [0.25, 0.3) is 0 Å². The molecule has 0 fully saturated rings. The average Bonchev–Trinajstić information content (AvgIpc) is 2.90. The van der Waals surface area contributed by atoms with E-state index in [-0.39, 0.29) is 29.6 Å². The number of para-hydroxylation sites is 1. The SMILES string of the molecule is O=C(CCOc1ccsc1C(=O)O)Nc1ccccc1Cl. The highest BCUT2D eigenvalue weighted by molar-refractivity contribution is 7.12. The highest BCUT2D eigenvalue weighted by atomic mass is 35.5. The summed E-state index contributed by atoms with van der Waals surface area (Å²) in [4.78, 5) is 22.8. The van der Waals surface area contributed by atoms with Gasteiger partial charge in [-0.2, -0.15) is 0 Å². The van der Waals surface area contributed by atoms with Gasteiger partial charge in [0, 0.05) is 0 Å². The van der Waals surface area contributed by atoms with Gasteiger partial charge in [0.1, 0.15) is 5.75 Å². The maximum atomic E-state index is 11.7. The van der Waals surface area contributed by atoms with Crippen LogP contribution in [0.1, 0.15) is 16.1 Å². The fourth-order valence-electron chi connectivity index (χ4n) is 1.60. The average molecular weight is 326 g/mol. The second-order valence-electron chi connectivity index (χ2n) is 4.05. The van der Waals surface area contributed by atoms with Crippen LogP contribution in [0.15, 0.2) is 35.7 Å². The first kappa shape index (κ1) is 15.3. The van der Waals surface area contributed by atoms with Crippen molar-refractivity contribution in [2.24, 2.45) is 0 Å². The minimum Gasteiger partial charge on any atom is -0.491 e. The monoisotopic (exact) mass is 325 g/mol. The van der Waals surface area contributed by atoms with E-state index in [0.29, 0.717) is 10.7 Å². The Balaban J connectivity index is 1.83. The second kappa shape index (κ2) is 7.10. The molecule has 21 heavy (non-hydrogen) atoms. The molecular weight excluding hydrogens is 314 g/mol. The van der Waals surface area contributed by atoms with E-state index in [1.165, 1.54) is 0 Å². The number of benzene rings is 1. The Morgan fingerprint density at radius 2 is 2.05 bits per heavy atom. The van der Waals surface area contributed by atoms with Gasteiger partial charge in [-0.15, -0.1) is 11.3 Å². The number of carboxylic acid groups (broad SMARTS) is 1. The van der Waals surface area contributed by atoms with Gasteiger partial charge in [-0.05, 0) is 23.6 Å². The van der Waals surface area contributed by atoms with Crippen molar-refractivity contribution in [1.82, 2.24) is 0 Å². The molecule has 0 radical (unpaired) electrons. The summed E-state index contributed by atoms with van der Waals surface area (Å²) in [6.07, 6.45) is 0.0974. The van der Waals surface area contributed by atoms with Gasteiger partial charge in [0.15, 0.2) is 4.88 Å². The van der Waals surface area contributed by atoms with E-state index >= 15 is 0 Å². The first-order valence-corrected chi connectivity index (χ1v) is 7.31. The van der Waals surface area contributed by atoms with Crippen molar-refractivity contribution in [2.45, 2.75) is 6.42 Å². The standard InChI is InChI=1S/C14H12ClNO4S/c15-9-3-1-2-4-10(9)16-12(17)5-7-20-11-6-8-21-13(11)14(18)19/h1-4,6,8H,5,7H2,(H,16,17)(H,18,19).